The first kappa shape index (κ1) is 22.1. The van der Waals surface area contributed by atoms with E-state index in [2.05, 4.69) is 54.6 Å². The summed E-state index contributed by atoms with van der Waals surface area (Å²) in [5.74, 6) is 1.30. The predicted octanol–water partition coefficient (Wildman–Crippen LogP) is 5.50. The van der Waals surface area contributed by atoms with Gasteiger partial charge in [0.15, 0.2) is 0 Å². The summed E-state index contributed by atoms with van der Waals surface area (Å²) in [5.41, 5.74) is 4.59. The highest BCUT2D eigenvalue weighted by molar-refractivity contribution is 9.10. The molecule has 2 heterocycles. The minimum atomic E-state index is 0.462. The third-order valence-corrected chi connectivity index (χ3v) is 6.94. The van der Waals surface area contributed by atoms with E-state index in [0.717, 1.165) is 32.1 Å². The average Bonchev–Trinajstić information content (AvgIpc) is 3.51. The molecular weight excluding hydrogens is 510 g/mol. The number of nitriles is 1. The molecule has 7 nitrogen and oxygen atoms in total. The molecule has 0 radical (unpaired) electrons. The molecule has 0 saturated carbocycles. The monoisotopic (exact) mass is 527 g/mol. The molecule has 0 bridgehead atoms. The van der Waals surface area contributed by atoms with E-state index in [4.69, 9.17) is 5.26 Å². The summed E-state index contributed by atoms with van der Waals surface area (Å²) < 4.78 is 2.86. The van der Waals surface area contributed by atoms with Crippen molar-refractivity contribution < 1.29 is 0 Å². The van der Waals surface area contributed by atoms with E-state index in [1.807, 2.05) is 59.3 Å². The number of tetrazole rings is 1. The van der Waals surface area contributed by atoms with Crippen molar-refractivity contribution >= 4 is 27.7 Å². The number of rotatable bonds is 7. The fourth-order valence-corrected chi connectivity index (χ4v) is 4.93. The van der Waals surface area contributed by atoms with Gasteiger partial charge >= 0.3 is 0 Å². The van der Waals surface area contributed by atoms with Crippen molar-refractivity contribution in [3.8, 4) is 23.1 Å². The second-order valence-electron chi connectivity index (χ2n) is 7.45. The minimum absolute atomic E-state index is 0.462. The largest absolute Gasteiger partial charge is 0.225 e. The summed E-state index contributed by atoms with van der Waals surface area (Å²) in [7, 11) is 0. The summed E-state index contributed by atoms with van der Waals surface area (Å²) in [6.45, 7) is 0.462. The third-order valence-electron chi connectivity index (χ3n) is 5.12. The Bertz CT molecular complexity index is 1450. The van der Waals surface area contributed by atoms with Crippen LogP contribution in [0.5, 0.6) is 0 Å². The normalized spacial score (nSPS) is 10.8. The highest BCUT2D eigenvalue weighted by Gasteiger charge is 2.20. The molecule has 0 amide bonds. The molecule has 0 aliphatic heterocycles. The molecule has 0 atom stereocenters. The zero-order valence-corrected chi connectivity index (χ0v) is 20.3. The first-order chi connectivity index (χ1) is 16.7. The van der Waals surface area contributed by atoms with Gasteiger partial charge < -0.3 is 0 Å². The van der Waals surface area contributed by atoms with Crippen LogP contribution in [0.1, 0.15) is 16.7 Å². The summed E-state index contributed by atoms with van der Waals surface area (Å²) in [6.07, 6.45) is 1.79. The lowest BCUT2D eigenvalue weighted by Gasteiger charge is -2.10. The second kappa shape index (κ2) is 10.0. The SMILES string of the molecule is N#Cc1ccc(Cn2nnc(-c3cnn(-c4ccccc4Br)c3SCc3ccccc3)n2)cc1. The molecule has 2 aromatic heterocycles. The molecule has 5 aromatic rings. The van der Waals surface area contributed by atoms with Gasteiger partial charge in [-0.05, 0) is 56.5 Å². The minimum Gasteiger partial charge on any atom is -0.225 e. The Morgan fingerprint density at radius 2 is 1.68 bits per heavy atom. The van der Waals surface area contributed by atoms with Crippen LogP contribution in [0.25, 0.3) is 17.1 Å². The smallest absolute Gasteiger partial charge is 0.209 e. The number of hydrogen-bond donors (Lipinski definition) is 0. The van der Waals surface area contributed by atoms with Gasteiger partial charge in [-0.2, -0.15) is 15.2 Å². The van der Waals surface area contributed by atoms with E-state index in [0.29, 0.717) is 17.9 Å². The lowest BCUT2D eigenvalue weighted by molar-refractivity contribution is 0.573. The third kappa shape index (κ3) is 4.78. The standard InChI is InChI=1S/C25H18BrN7S/c26-22-8-4-5-9-23(22)33-25(34-17-20-6-2-1-3-7-20)21(15-28-33)24-29-31-32(30-24)16-19-12-10-18(14-27)11-13-19/h1-13,15H,16-17H2. The van der Waals surface area contributed by atoms with Gasteiger partial charge in [0, 0.05) is 10.2 Å². The van der Waals surface area contributed by atoms with Gasteiger partial charge in [0.1, 0.15) is 5.03 Å². The van der Waals surface area contributed by atoms with Crippen molar-refractivity contribution in [1.82, 2.24) is 30.0 Å². The zero-order valence-electron chi connectivity index (χ0n) is 17.9. The van der Waals surface area contributed by atoms with Crippen molar-refractivity contribution in [3.63, 3.8) is 0 Å². The Hall–Kier alpha value is -3.74. The topological polar surface area (TPSA) is 85.2 Å². The van der Waals surface area contributed by atoms with Gasteiger partial charge in [0.2, 0.25) is 5.82 Å². The van der Waals surface area contributed by atoms with E-state index in [1.54, 1.807) is 34.9 Å². The van der Waals surface area contributed by atoms with Crippen LogP contribution in [0, 0.1) is 11.3 Å². The van der Waals surface area contributed by atoms with Crippen LogP contribution < -0.4 is 0 Å². The van der Waals surface area contributed by atoms with Crippen LogP contribution in [0.3, 0.4) is 0 Å². The van der Waals surface area contributed by atoms with Crippen LogP contribution in [0.2, 0.25) is 0 Å². The predicted molar refractivity (Wildman–Crippen MR) is 134 cm³/mol. The molecule has 34 heavy (non-hydrogen) atoms. The number of hydrogen-bond acceptors (Lipinski definition) is 6. The van der Waals surface area contributed by atoms with Crippen LogP contribution >= 0.6 is 27.7 Å². The molecule has 0 spiro atoms. The molecule has 0 unspecified atom stereocenters. The molecule has 9 heteroatoms. The van der Waals surface area contributed by atoms with Gasteiger partial charge in [0.05, 0.1) is 35.6 Å². The first-order valence-electron chi connectivity index (χ1n) is 10.5. The quantitative estimate of drug-likeness (QED) is 0.260. The molecule has 166 valence electrons. The maximum absolute atomic E-state index is 8.99. The van der Waals surface area contributed by atoms with E-state index in [9.17, 15) is 0 Å². The van der Waals surface area contributed by atoms with E-state index < -0.39 is 0 Å². The maximum atomic E-state index is 8.99. The van der Waals surface area contributed by atoms with Crippen LogP contribution in [0.4, 0.5) is 0 Å². The van der Waals surface area contributed by atoms with E-state index in [1.165, 1.54) is 5.56 Å². The lowest BCUT2D eigenvalue weighted by Crippen LogP contribution is -2.04. The summed E-state index contributed by atoms with van der Waals surface area (Å²) in [4.78, 5) is 1.55. The van der Waals surface area contributed by atoms with Gasteiger partial charge in [-0.3, -0.25) is 0 Å². The van der Waals surface area contributed by atoms with Crippen molar-refractivity contribution in [3.05, 3.63) is 106 Å². The Morgan fingerprint density at radius 1 is 0.912 bits per heavy atom. The van der Waals surface area contributed by atoms with Crippen molar-refractivity contribution in [2.45, 2.75) is 17.3 Å². The highest BCUT2D eigenvalue weighted by atomic mass is 79.9. The molecular formula is C25H18BrN7S. The van der Waals surface area contributed by atoms with Gasteiger partial charge in [-0.15, -0.1) is 22.0 Å². The van der Waals surface area contributed by atoms with Crippen molar-refractivity contribution in [1.29, 1.82) is 5.26 Å². The van der Waals surface area contributed by atoms with Crippen molar-refractivity contribution in [2.75, 3.05) is 0 Å². The number of aromatic nitrogens is 6. The second-order valence-corrected chi connectivity index (χ2v) is 9.27. The number of halogens is 1. The highest BCUT2D eigenvalue weighted by Crippen LogP contribution is 2.35. The zero-order chi connectivity index (χ0) is 23.3. The number of nitrogens with zero attached hydrogens (tertiary/aromatic N) is 7. The first-order valence-corrected chi connectivity index (χ1v) is 12.3. The Kier molecular flexibility index (Phi) is 6.51. The number of para-hydroxylation sites is 1. The van der Waals surface area contributed by atoms with Crippen molar-refractivity contribution in [2.24, 2.45) is 0 Å². The number of benzene rings is 3. The van der Waals surface area contributed by atoms with E-state index in [-0.39, 0.29) is 0 Å². The molecule has 0 aliphatic rings. The lowest BCUT2D eigenvalue weighted by atomic mass is 10.1. The van der Waals surface area contributed by atoms with E-state index >= 15 is 0 Å². The molecule has 3 aromatic carbocycles. The molecule has 0 aliphatic carbocycles. The van der Waals surface area contributed by atoms with Gasteiger partial charge in [-0.25, -0.2) is 4.68 Å². The maximum Gasteiger partial charge on any atom is 0.209 e. The fraction of sp³-hybridized carbons (Fsp3) is 0.0800. The fourth-order valence-electron chi connectivity index (χ4n) is 3.42. The molecule has 5 rings (SSSR count). The number of thioether (sulfide) groups is 1. The Balaban J connectivity index is 1.47. The van der Waals surface area contributed by atoms with Gasteiger partial charge in [0.25, 0.3) is 0 Å². The Morgan fingerprint density at radius 3 is 2.44 bits per heavy atom. The molecule has 0 N–H and O–H groups in total. The molecule has 0 fully saturated rings. The Labute approximate surface area is 209 Å². The van der Waals surface area contributed by atoms with Crippen LogP contribution in [-0.4, -0.2) is 30.0 Å². The molecule has 0 saturated heterocycles. The average molecular weight is 528 g/mol. The summed E-state index contributed by atoms with van der Waals surface area (Å²) >= 11 is 5.32. The summed E-state index contributed by atoms with van der Waals surface area (Å²) in [5, 5.41) is 27.8. The van der Waals surface area contributed by atoms with Gasteiger partial charge in [-0.1, -0.05) is 54.6 Å². The van der Waals surface area contributed by atoms with Crippen LogP contribution in [0.15, 0.2) is 94.6 Å². The van der Waals surface area contributed by atoms with Crippen LogP contribution in [-0.2, 0) is 12.3 Å². The summed E-state index contributed by atoms with van der Waals surface area (Å²) in [6, 6.07) is 27.8.